The number of carboxylic acids is 1. The van der Waals surface area contributed by atoms with E-state index in [1.54, 1.807) is 6.92 Å². The van der Waals surface area contributed by atoms with E-state index in [0.29, 0.717) is 24.7 Å². The average Bonchev–Trinajstić information content (AvgIpc) is 2.74. The molecular formula is C29H50O4. The van der Waals surface area contributed by atoms with Gasteiger partial charge in [0.15, 0.2) is 0 Å². The summed E-state index contributed by atoms with van der Waals surface area (Å²) in [6.07, 6.45) is 16.5. The van der Waals surface area contributed by atoms with Gasteiger partial charge in [-0.15, -0.1) is 0 Å². The van der Waals surface area contributed by atoms with Crippen LogP contribution in [0.15, 0.2) is 34.9 Å². The summed E-state index contributed by atoms with van der Waals surface area (Å²) >= 11 is 0. The molecule has 0 saturated heterocycles. The summed E-state index contributed by atoms with van der Waals surface area (Å²) in [4.78, 5) is 10.9. The normalized spacial score (nSPS) is 22.8. The molecule has 0 aromatic heterocycles. The number of methoxy groups -OCH3 is 1. The highest BCUT2D eigenvalue weighted by atomic mass is 16.5. The Labute approximate surface area is 203 Å². The molecule has 0 amide bonds. The molecule has 1 aliphatic carbocycles. The standard InChI is InChI=1S/C29H50O4/c1-21(13-9-19-29(6,32)20-10-14-24(4)28(30)31)11-8-12-22(2)15-17-26-18-16-23(3)25(5)27(26)33-7/h11,16,18,22,24-25,27,32H,8-10,12-15,17,19-20H2,1-7H3,(H,30,31)/b21-11+. The molecule has 4 heteroatoms. The second-order valence-corrected chi connectivity index (χ2v) is 10.9. The summed E-state index contributed by atoms with van der Waals surface area (Å²) in [6.45, 7) is 12.6. The number of hydrogen-bond acceptors (Lipinski definition) is 3. The van der Waals surface area contributed by atoms with Crippen molar-refractivity contribution in [3.8, 4) is 0 Å². The fourth-order valence-electron chi connectivity index (χ4n) is 4.69. The van der Waals surface area contributed by atoms with E-state index in [1.807, 2.05) is 14.0 Å². The van der Waals surface area contributed by atoms with Crippen LogP contribution in [0.2, 0.25) is 0 Å². The number of rotatable bonds is 16. The minimum absolute atomic E-state index is 0.224. The van der Waals surface area contributed by atoms with E-state index in [-0.39, 0.29) is 12.0 Å². The molecule has 0 saturated carbocycles. The van der Waals surface area contributed by atoms with Gasteiger partial charge >= 0.3 is 5.97 Å². The molecule has 0 fully saturated rings. The largest absolute Gasteiger partial charge is 0.481 e. The molecule has 0 aromatic rings. The van der Waals surface area contributed by atoms with Gasteiger partial charge in [0, 0.05) is 13.0 Å². The topological polar surface area (TPSA) is 66.8 Å². The zero-order valence-corrected chi connectivity index (χ0v) is 22.3. The lowest BCUT2D eigenvalue weighted by atomic mass is 9.83. The highest BCUT2D eigenvalue weighted by molar-refractivity contribution is 5.69. The van der Waals surface area contributed by atoms with Crippen LogP contribution in [0.4, 0.5) is 0 Å². The van der Waals surface area contributed by atoms with Crippen LogP contribution in [0, 0.1) is 17.8 Å². The van der Waals surface area contributed by atoms with Crippen LogP contribution in [-0.2, 0) is 9.53 Å². The molecule has 0 aliphatic heterocycles. The lowest BCUT2D eigenvalue weighted by molar-refractivity contribution is -0.141. The Hall–Kier alpha value is -1.39. The first-order valence-corrected chi connectivity index (χ1v) is 13.0. The van der Waals surface area contributed by atoms with E-state index in [1.165, 1.54) is 29.6 Å². The third kappa shape index (κ3) is 11.5. The van der Waals surface area contributed by atoms with Gasteiger partial charge < -0.3 is 14.9 Å². The van der Waals surface area contributed by atoms with Crippen LogP contribution < -0.4 is 0 Å². The smallest absolute Gasteiger partial charge is 0.306 e. The fraction of sp³-hybridized carbons (Fsp3) is 0.759. The van der Waals surface area contributed by atoms with E-state index in [0.717, 1.165) is 38.5 Å². The van der Waals surface area contributed by atoms with Gasteiger partial charge in [0.05, 0.1) is 17.6 Å². The van der Waals surface area contributed by atoms with Gasteiger partial charge in [0.25, 0.3) is 0 Å². The maximum Gasteiger partial charge on any atom is 0.306 e. The zero-order chi connectivity index (χ0) is 25.0. The molecule has 33 heavy (non-hydrogen) atoms. The highest BCUT2D eigenvalue weighted by Crippen LogP contribution is 2.31. The van der Waals surface area contributed by atoms with E-state index >= 15 is 0 Å². The molecule has 0 aromatic carbocycles. The Bertz CT molecular complexity index is 686. The van der Waals surface area contributed by atoms with Gasteiger partial charge in [-0.2, -0.15) is 0 Å². The number of carbonyl (C=O) groups is 1. The number of allylic oxidation sites excluding steroid dienone is 4. The van der Waals surface area contributed by atoms with E-state index in [4.69, 9.17) is 9.84 Å². The van der Waals surface area contributed by atoms with Crippen molar-refractivity contribution < 1.29 is 19.7 Å². The molecule has 2 N–H and O–H groups in total. The summed E-state index contributed by atoms with van der Waals surface area (Å²) in [5.41, 5.74) is 3.53. The van der Waals surface area contributed by atoms with Gasteiger partial charge in [0.2, 0.25) is 0 Å². The van der Waals surface area contributed by atoms with Gasteiger partial charge in [-0.1, -0.05) is 50.1 Å². The number of carboxylic acid groups (broad SMARTS) is 1. The lowest BCUT2D eigenvalue weighted by Gasteiger charge is -2.29. The van der Waals surface area contributed by atoms with Crippen LogP contribution in [-0.4, -0.2) is 35.0 Å². The van der Waals surface area contributed by atoms with Crippen molar-refractivity contribution in [1.29, 1.82) is 0 Å². The Kier molecular flexibility index (Phi) is 13.3. The average molecular weight is 463 g/mol. The van der Waals surface area contributed by atoms with Crippen molar-refractivity contribution in [2.45, 2.75) is 117 Å². The monoisotopic (exact) mass is 462 g/mol. The van der Waals surface area contributed by atoms with Crippen LogP contribution in [0.3, 0.4) is 0 Å². The van der Waals surface area contributed by atoms with Gasteiger partial charge in [-0.3, -0.25) is 4.79 Å². The molecule has 0 radical (unpaired) electrons. The third-order valence-electron chi connectivity index (χ3n) is 7.49. The molecular weight excluding hydrogens is 412 g/mol. The second kappa shape index (κ2) is 14.8. The predicted octanol–water partition coefficient (Wildman–Crippen LogP) is 7.48. The Balaban J connectivity index is 2.27. The van der Waals surface area contributed by atoms with Crippen molar-refractivity contribution in [3.05, 3.63) is 34.9 Å². The quantitative estimate of drug-likeness (QED) is 0.233. The molecule has 0 spiro atoms. The van der Waals surface area contributed by atoms with Crippen molar-refractivity contribution in [2.24, 2.45) is 17.8 Å². The fourth-order valence-corrected chi connectivity index (χ4v) is 4.69. The summed E-state index contributed by atoms with van der Waals surface area (Å²) in [6, 6.07) is 0. The van der Waals surface area contributed by atoms with Crippen molar-refractivity contribution in [3.63, 3.8) is 0 Å². The maximum absolute atomic E-state index is 10.9. The predicted molar refractivity (Wildman–Crippen MR) is 138 cm³/mol. The molecule has 190 valence electrons. The van der Waals surface area contributed by atoms with Gasteiger partial charge in [-0.05, 0) is 96.5 Å². The minimum atomic E-state index is -0.753. The SMILES string of the molecule is COC1C(CCC(C)CC/C=C(\C)CCCC(C)(O)CCCC(C)C(=O)O)=CC=C(C)C1C. The van der Waals surface area contributed by atoms with E-state index in [9.17, 15) is 9.90 Å². The molecule has 5 atom stereocenters. The summed E-state index contributed by atoms with van der Waals surface area (Å²) in [5, 5.41) is 19.5. The molecule has 0 heterocycles. The summed E-state index contributed by atoms with van der Waals surface area (Å²) in [7, 11) is 1.82. The first-order valence-electron chi connectivity index (χ1n) is 13.0. The first-order chi connectivity index (χ1) is 15.5. The number of aliphatic carboxylic acids is 1. The Morgan fingerprint density at radius 3 is 2.48 bits per heavy atom. The molecule has 4 nitrogen and oxygen atoms in total. The van der Waals surface area contributed by atoms with Crippen molar-refractivity contribution >= 4 is 5.97 Å². The minimum Gasteiger partial charge on any atom is -0.481 e. The highest BCUT2D eigenvalue weighted by Gasteiger charge is 2.25. The summed E-state index contributed by atoms with van der Waals surface area (Å²) in [5.74, 6) is 0.0595. The molecule has 5 unspecified atom stereocenters. The van der Waals surface area contributed by atoms with Crippen LogP contribution in [0.5, 0.6) is 0 Å². The van der Waals surface area contributed by atoms with Crippen molar-refractivity contribution in [2.75, 3.05) is 7.11 Å². The maximum atomic E-state index is 10.9. The molecule has 1 rings (SSSR count). The first kappa shape index (κ1) is 29.6. The molecule has 0 bridgehead atoms. The second-order valence-electron chi connectivity index (χ2n) is 10.9. The van der Waals surface area contributed by atoms with Crippen LogP contribution in [0.25, 0.3) is 0 Å². The van der Waals surface area contributed by atoms with Gasteiger partial charge in [-0.25, -0.2) is 0 Å². The van der Waals surface area contributed by atoms with E-state index < -0.39 is 11.6 Å². The van der Waals surface area contributed by atoms with Crippen LogP contribution >= 0.6 is 0 Å². The van der Waals surface area contributed by atoms with Crippen molar-refractivity contribution in [1.82, 2.24) is 0 Å². The summed E-state index contributed by atoms with van der Waals surface area (Å²) < 4.78 is 5.77. The third-order valence-corrected chi connectivity index (χ3v) is 7.49. The van der Waals surface area contributed by atoms with Crippen LogP contribution in [0.1, 0.15) is 106 Å². The Morgan fingerprint density at radius 2 is 1.85 bits per heavy atom. The number of ether oxygens (including phenoxy) is 1. The number of aliphatic hydroxyl groups is 1. The van der Waals surface area contributed by atoms with Gasteiger partial charge in [0.1, 0.15) is 0 Å². The number of hydrogen-bond donors (Lipinski definition) is 2. The van der Waals surface area contributed by atoms with E-state index in [2.05, 4.69) is 45.9 Å². The lowest BCUT2D eigenvalue weighted by Crippen LogP contribution is -2.26. The zero-order valence-electron chi connectivity index (χ0n) is 22.3. The Morgan fingerprint density at radius 1 is 1.18 bits per heavy atom. The molecule has 1 aliphatic rings.